The molecule has 1 N–H and O–H groups in total. The summed E-state index contributed by atoms with van der Waals surface area (Å²) in [5.41, 5.74) is -0.0187. The SMILES string of the molecule is [2H]C([2H])([2H])c1ccc2c(Cl)cc(Cl)c(O)c2n1. The van der Waals surface area contributed by atoms with Crippen molar-refractivity contribution < 1.29 is 9.22 Å². The van der Waals surface area contributed by atoms with Gasteiger partial charge in [0, 0.05) is 15.2 Å². The summed E-state index contributed by atoms with van der Waals surface area (Å²) in [6, 6.07) is 4.24. The Morgan fingerprint density at radius 1 is 1.36 bits per heavy atom. The molecular formula is C10H7Cl2NO. The van der Waals surface area contributed by atoms with Gasteiger partial charge in [-0.05, 0) is 25.1 Å². The number of rotatable bonds is 0. The predicted octanol–water partition coefficient (Wildman–Crippen LogP) is 3.56. The number of halogens is 2. The van der Waals surface area contributed by atoms with E-state index in [-0.39, 0.29) is 22.0 Å². The summed E-state index contributed by atoms with van der Waals surface area (Å²) in [6.07, 6.45) is 0. The molecule has 2 aromatic rings. The molecule has 0 amide bonds. The van der Waals surface area contributed by atoms with Crippen molar-refractivity contribution >= 4 is 34.1 Å². The summed E-state index contributed by atoms with van der Waals surface area (Å²) in [5, 5.41) is 10.5. The largest absolute Gasteiger partial charge is 0.504 e. The van der Waals surface area contributed by atoms with Crippen LogP contribution >= 0.6 is 23.2 Å². The molecule has 0 saturated heterocycles. The smallest absolute Gasteiger partial charge is 0.160 e. The highest BCUT2D eigenvalue weighted by molar-refractivity contribution is 6.39. The van der Waals surface area contributed by atoms with E-state index in [0.717, 1.165) is 0 Å². The third kappa shape index (κ3) is 1.41. The fraction of sp³-hybridized carbons (Fsp3) is 0.100. The molecule has 4 heteroatoms. The minimum Gasteiger partial charge on any atom is -0.504 e. The first kappa shape index (κ1) is 6.49. The van der Waals surface area contributed by atoms with Gasteiger partial charge in [0.25, 0.3) is 0 Å². The Morgan fingerprint density at radius 3 is 2.86 bits per heavy atom. The molecule has 0 saturated carbocycles. The van der Waals surface area contributed by atoms with Gasteiger partial charge in [-0.3, -0.25) is 0 Å². The first-order valence-electron chi connectivity index (χ1n) is 5.29. The average Bonchev–Trinajstić information content (AvgIpc) is 2.24. The highest BCUT2D eigenvalue weighted by atomic mass is 35.5. The van der Waals surface area contributed by atoms with Crippen molar-refractivity contribution in [2.75, 3.05) is 0 Å². The van der Waals surface area contributed by atoms with Crippen LogP contribution in [0.25, 0.3) is 10.9 Å². The maximum atomic E-state index is 9.74. The number of benzene rings is 1. The fourth-order valence-electron chi connectivity index (χ4n) is 1.20. The third-order valence-corrected chi connectivity index (χ3v) is 2.46. The van der Waals surface area contributed by atoms with Gasteiger partial charge in [-0.25, -0.2) is 4.98 Å². The molecule has 1 aromatic heterocycles. The van der Waals surface area contributed by atoms with E-state index in [0.29, 0.717) is 10.4 Å². The quantitative estimate of drug-likeness (QED) is 0.751. The number of phenols is 1. The van der Waals surface area contributed by atoms with Gasteiger partial charge < -0.3 is 5.11 Å². The molecular weight excluding hydrogens is 221 g/mol. The van der Waals surface area contributed by atoms with Crippen molar-refractivity contribution in [2.45, 2.75) is 6.85 Å². The van der Waals surface area contributed by atoms with Gasteiger partial charge in [0.15, 0.2) is 5.75 Å². The molecule has 0 unspecified atom stereocenters. The number of hydrogen-bond donors (Lipinski definition) is 1. The summed E-state index contributed by atoms with van der Waals surface area (Å²) < 4.78 is 21.7. The summed E-state index contributed by atoms with van der Waals surface area (Å²) >= 11 is 11.7. The van der Waals surface area contributed by atoms with Crippen LogP contribution in [0.1, 0.15) is 9.81 Å². The molecule has 2 nitrogen and oxygen atoms in total. The molecule has 0 radical (unpaired) electrons. The molecule has 0 aliphatic rings. The van der Waals surface area contributed by atoms with Crippen molar-refractivity contribution in [3.63, 3.8) is 0 Å². The highest BCUT2D eigenvalue weighted by Crippen LogP contribution is 2.35. The minimum atomic E-state index is -2.34. The molecule has 0 bridgehead atoms. The van der Waals surface area contributed by atoms with Gasteiger partial charge in [-0.1, -0.05) is 23.2 Å². The fourth-order valence-corrected chi connectivity index (χ4v) is 1.72. The topological polar surface area (TPSA) is 33.1 Å². The third-order valence-electron chi connectivity index (χ3n) is 1.86. The molecule has 0 spiro atoms. The van der Waals surface area contributed by atoms with Gasteiger partial charge in [-0.15, -0.1) is 0 Å². The van der Waals surface area contributed by atoms with Crippen LogP contribution in [0, 0.1) is 6.85 Å². The first-order valence-corrected chi connectivity index (χ1v) is 4.54. The van der Waals surface area contributed by atoms with Crippen molar-refractivity contribution in [3.05, 3.63) is 33.9 Å². The maximum Gasteiger partial charge on any atom is 0.160 e. The lowest BCUT2D eigenvalue weighted by Gasteiger charge is -2.05. The molecule has 72 valence electrons. The molecule has 0 atom stereocenters. The number of fused-ring (bicyclic) bond motifs is 1. The first-order chi connectivity index (χ1) is 7.80. The van der Waals surface area contributed by atoms with Crippen LogP contribution in [0.5, 0.6) is 5.75 Å². The summed E-state index contributed by atoms with van der Waals surface area (Å²) in [4.78, 5) is 3.89. The van der Waals surface area contributed by atoms with E-state index in [1.807, 2.05) is 0 Å². The zero-order valence-electron chi connectivity index (χ0n) is 9.88. The van der Waals surface area contributed by atoms with E-state index in [1.165, 1.54) is 18.2 Å². The Labute approximate surface area is 95.3 Å². The standard InChI is InChI=1S/C10H7Cl2NO/c1-5-2-3-6-7(11)4-8(12)10(14)9(6)13-5/h2-4,14H,1H3/i1D3. The van der Waals surface area contributed by atoms with Crippen molar-refractivity contribution in [1.29, 1.82) is 0 Å². The van der Waals surface area contributed by atoms with Gasteiger partial charge in [0.05, 0.1) is 10.0 Å². The van der Waals surface area contributed by atoms with Crippen LogP contribution in [-0.2, 0) is 0 Å². The van der Waals surface area contributed by atoms with Gasteiger partial charge >= 0.3 is 0 Å². The maximum absolute atomic E-state index is 9.74. The molecule has 0 aliphatic carbocycles. The normalized spacial score (nSPS) is 14.9. The number of aryl methyl sites for hydroxylation is 1. The second kappa shape index (κ2) is 3.30. The Balaban J connectivity index is 2.81. The number of aromatic hydroxyl groups is 1. The van der Waals surface area contributed by atoms with Crippen LogP contribution in [-0.4, -0.2) is 10.1 Å². The monoisotopic (exact) mass is 230 g/mol. The second-order valence-corrected chi connectivity index (χ2v) is 3.60. The Hall–Kier alpha value is -0.990. The highest BCUT2D eigenvalue weighted by Gasteiger charge is 2.09. The second-order valence-electron chi connectivity index (χ2n) is 2.78. The lowest BCUT2D eigenvalue weighted by Crippen LogP contribution is -1.85. The lowest BCUT2D eigenvalue weighted by atomic mass is 10.2. The van der Waals surface area contributed by atoms with Gasteiger partial charge in [0.2, 0.25) is 0 Å². The summed E-state index contributed by atoms with van der Waals surface area (Å²) in [7, 11) is 0. The predicted molar refractivity (Wildman–Crippen MR) is 58.2 cm³/mol. The Bertz CT molecular complexity index is 598. The van der Waals surface area contributed by atoms with Crippen LogP contribution in [0.4, 0.5) is 0 Å². The lowest BCUT2D eigenvalue weighted by molar-refractivity contribution is 0.480. The van der Waals surface area contributed by atoms with Crippen molar-refractivity contribution in [2.24, 2.45) is 0 Å². The molecule has 0 aliphatic heterocycles. The zero-order valence-corrected chi connectivity index (χ0v) is 8.39. The Morgan fingerprint density at radius 2 is 2.14 bits per heavy atom. The number of aromatic nitrogens is 1. The number of nitrogens with zero attached hydrogens (tertiary/aromatic N) is 1. The minimum absolute atomic E-state index is 0.0395. The molecule has 1 aromatic carbocycles. The van der Waals surface area contributed by atoms with Crippen LogP contribution in [0.3, 0.4) is 0 Å². The molecule has 1 heterocycles. The van der Waals surface area contributed by atoms with E-state index in [2.05, 4.69) is 4.98 Å². The molecule has 14 heavy (non-hydrogen) atoms. The number of phenolic OH excluding ortho intramolecular Hbond substituents is 1. The van der Waals surface area contributed by atoms with Crippen LogP contribution < -0.4 is 0 Å². The summed E-state index contributed by atoms with van der Waals surface area (Å²) in [6.45, 7) is -2.34. The van der Waals surface area contributed by atoms with E-state index in [9.17, 15) is 5.11 Å². The van der Waals surface area contributed by atoms with E-state index in [1.54, 1.807) is 0 Å². The van der Waals surface area contributed by atoms with Gasteiger partial charge in [0.1, 0.15) is 5.52 Å². The average molecular weight is 231 g/mol. The van der Waals surface area contributed by atoms with Gasteiger partial charge in [-0.2, -0.15) is 0 Å². The van der Waals surface area contributed by atoms with Crippen molar-refractivity contribution in [3.8, 4) is 5.75 Å². The van der Waals surface area contributed by atoms with E-state index in [4.69, 9.17) is 27.3 Å². The van der Waals surface area contributed by atoms with Crippen LogP contribution in [0.15, 0.2) is 18.2 Å². The van der Waals surface area contributed by atoms with Crippen molar-refractivity contribution in [1.82, 2.24) is 4.98 Å². The number of hydrogen-bond acceptors (Lipinski definition) is 2. The zero-order chi connectivity index (χ0) is 12.8. The Kier molecular flexibility index (Phi) is 1.53. The van der Waals surface area contributed by atoms with E-state index >= 15 is 0 Å². The number of pyridine rings is 1. The van der Waals surface area contributed by atoms with Crippen LogP contribution in [0.2, 0.25) is 10.0 Å². The molecule has 2 rings (SSSR count). The summed E-state index contributed by atoms with van der Waals surface area (Å²) in [5.74, 6) is -0.267. The van der Waals surface area contributed by atoms with E-state index < -0.39 is 6.85 Å². The molecule has 0 fully saturated rings.